The second-order valence-electron chi connectivity index (χ2n) is 5.62. The monoisotopic (exact) mass is 322 g/mol. The minimum Gasteiger partial charge on any atom is -0.309 e. The summed E-state index contributed by atoms with van der Waals surface area (Å²) in [6.45, 7) is 4.09. The van der Waals surface area contributed by atoms with E-state index < -0.39 is 7.14 Å². The zero-order valence-corrected chi connectivity index (χ0v) is 13.8. The highest BCUT2D eigenvalue weighted by Gasteiger charge is 2.29. The van der Waals surface area contributed by atoms with E-state index in [9.17, 15) is 4.57 Å². The normalized spacial score (nSPS) is 10.9. The van der Waals surface area contributed by atoms with Crippen molar-refractivity contribution in [3.63, 3.8) is 0 Å². The molecule has 0 unspecified atom stereocenters. The fourth-order valence-corrected chi connectivity index (χ4v) is 5.22. The van der Waals surface area contributed by atoms with Crippen LogP contribution in [0.2, 0.25) is 0 Å². The number of hydrogen-bond donors (Lipinski definition) is 0. The Morgan fingerprint density at radius 2 is 0.913 bits per heavy atom. The molecule has 0 N–H and O–H groups in total. The van der Waals surface area contributed by atoms with Gasteiger partial charge in [-0.25, -0.2) is 0 Å². The smallest absolute Gasteiger partial charge is 0.171 e. The Balaban J connectivity index is 0.00000192. The van der Waals surface area contributed by atoms with Gasteiger partial charge in [-0.15, -0.1) is 0 Å². The molecule has 23 heavy (non-hydrogen) atoms. The molecule has 0 aliphatic rings. The summed E-state index contributed by atoms with van der Waals surface area (Å²) in [4.78, 5) is 0. The van der Waals surface area contributed by atoms with E-state index in [4.69, 9.17) is 0 Å². The highest BCUT2D eigenvalue weighted by atomic mass is 31.2. The van der Waals surface area contributed by atoms with Gasteiger partial charge in [-0.2, -0.15) is 0 Å². The van der Waals surface area contributed by atoms with Crippen molar-refractivity contribution in [3.05, 3.63) is 90.0 Å². The van der Waals surface area contributed by atoms with Crippen LogP contribution >= 0.6 is 7.14 Å². The van der Waals surface area contributed by atoms with Gasteiger partial charge < -0.3 is 4.57 Å². The molecule has 0 fully saturated rings. The van der Waals surface area contributed by atoms with E-state index in [0.717, 1.165) is 15.9 Å². The maximum absolute atomic E-state index is 14.0. The summed E-state index contributed by atoms with van der Waals surface area (Å²) in [5, 5.41) is 2.64. The van der Waals surface area contributed by atoms with Gasteiger partial charge in [0.05, 0.1) is 0 Å². The van der Waals surface area contributed by atoms with E-state index in [0.29, 0.717) is 0 Å². The summed E-state index contributed by atoms with van der Waals surface area (Å²) >= 11 is 0. The first-order valence-corrected chi connectivity index (χ1v) is 9.11. The molecule has 0 saturated carbocycles. The second-order valence-corrected chi connectivity index (χ2v) is 8.38. The lowest BCUT2D eigenvalue weighted by molar-refractivity contribution is 0.592. The Morgan fingerprint density at radius 3 is 1.30 bits per heavy atom. The molecule has 0 aromatic heterocycles. The van der Waals surface area contributed by atoms with Crippen LogP contribution in [0.15, 0.2) is 78.9 Å². The topological polar surface area (TPSA) is 17.1 Å². The molecule has 0 heterocycles. The van der Waals surface area contributed by atoms with Crippen molar-refractivity contribution in [3.8, 4) is 0 Å². The van der Waals surface area contributed by atoms with Crippen molar-refractivity contribution >= 4 is 23.1 Å². The predicted molar refractivity (Wildman–Crippen MR) is 102 cm³/mol. The summed E-state index contributed by atoms with van der Waals surface area (Å²) in [6, 6.07) is 25.8. The van der Waals surface area contributed by atoms with Crippen LogP contribution in [-0.4, -0.2) is 0 Å². The van der Waals surface area contributed by atoms with Crippen LogP contribution in [0.3, 0.4) is 0 Å². The molecule has 3 aromatic rings. The van der Waals surface area contributed by atoms with Gasteiger partial charge in [0, 0.05) is 15.9 Å². The molecule has 0 aliphatic heterocycles. The number of hydrogen-bond acceptors (Lipinski definition) is 1. The van der Waals surface area contributed by atoms with Crippen molar-refractivity contribution in [2.75, 3.05) is 0 Å². The summed E-state index contributed by atoms with van der Waals surface area (Å²) in [5.74, 6) is 0. The molecule has 2 heteroatoms. The van der Waals surface area contributed by atoms with Gasteiger partial charge >= 0.3 is 0 Å². The molecule has 0 spiro atoms. The van der Waals surface area contributed by atoms with Crippen LogP contribution < -0.4 is 15.9 Å². The van der Waals surface area contributed by atoms with E-state index in [2.05, 4.69) is 0 Å². The van der Waals surface area contributed by atoms with Crippen LogP contribution in [0.25, 0.3) is 0 Å². The maximum Gasteiger partial charge on any atom is 0.171 e. The zero-order chi connectivity index (χ0) is 15.6. The maximum atomic E-state index is 14.0. The first kappa shape index (κ1) is 17.2. The fraction of sp³-hybridized carbons (Fsp3) is 0.143. The molecule has 0 atom stereocenters. The molecule has 0 saturated heterocycles. The van der Waals surface area contributed by atoms with Crippen LogP contribution in [0, 0.1) is 13.8 Å². The van der Waals surface area contributed by atoms with Crippen molar-refractivity contribution in [2.45, 2.75) is 21.3 Å². The van der Waals surface area contributed by atoms with Gasteiger partial charge in [-0.05, 0) is 13.8 Å². The van der Waals surface area contributed by atoms with E-state index >= 15 is 0 Å². The molecule has 1 nitrogen and oxygen atoms in total. The number of benzene rings is 3. The summed E-state index contributed by atoms with van der Waals surface area (Å²) in [7, 11) is -2.82. The van der Waals surface area contributed by atoms with Crippen LogP contribution in [-0.2, 0) is 4.57 Å². The molecule has 3 aromatic carbocycles. The fourth-order valence-electron chi connectivity index (χ4n) is 2.59. The third-order valence-corrected chi connectivity index (χ3v) is 6.99. The van der Waals surface area contributed by atoms with Crippen LogP contribution in [0.4, 0.5) is 0 Å². The quantitative estimate of drug-likeness (QED) is 0.645. The Morgan fingerprint density at radius 1 is 0.565 bits per heavy atom. The predicted octanol–water partition coefficient (Wildman–Crippen LogP) is 4.58. The van der Waals surface area contributed by atoms with Gasteiger partial charge in [-0.1, -0.05) is 97.4 Å². The Bertz CT molecular complexity index is 753. The SMILES string of the molecule is C.Cc1ccc(P(=O)(c2ccccc2)c2ccc(C)cc2)cc1. The van der Waals surface area contributed by atoms with Crippen molar-refractivity contribution in [1.29, 1.82) is 0 Å². The molecule has 0 bridgehead atoms. The lowest BCUT2D eigenvalue weighted by Crippen LogP contribution is -2.25. The average Bonchev–Trinajstić information content (AvgIpc) is 2.56. The van der Waals surface area contributed by atoms with E-state index in [1.54, 1.807) is 0 Å². The minimum atomic E-state index is -2.82. The molecule has 3 rings (SSSR count). The van der Waals surface area contributed by atoms with Crippen molar-refractivity contribution < 1.29 is 4.57 Å². The number of rotatable bonds is 3. The number of aryl methyl sites for hydroxylation is 2. The highest BCUT2D eigenvalue weighted by Crippen LogP contribution is 2.42. The molecular weight excluding hydrogens is 299 g/mol. The Labute approximate surface area is 139 Å². The summed E-state index contributed by atoms with van der Waals surface area (Å²) in [5.41, 5.74) is 2.35. The van der Waals surface area contributed by atoms with E-state index in [1.165, 1.54) is 11.1 Å². The Kier molecular flexibility index (Phi) is 5.23. The average molecular weight is 322 g/mol. The molecule has 118 valence electrons. The van der Waals surface area contributed by atoms with Crippen molar-refractivity contribution in [1.82, 2.24) is 0 Å². The third-order valence-electron chi connectivity index (χ3n) is 3.91. The standard InChI is InChI=1S/C20H19OP.CH4/c1-16-8-12-19(13-9-16)22(21,18-6-4-3-5-7-18)20-14-10-17(2)11-15-20;/h3-15H,1-2H3;1H4. The van der Waals surface area contributed by atoms with Crippen LogP contribution in [0.5, 0.6) is 0 Å². The summed E-state index contributed by atoms with van der Waals surface area (Å²) in [6.07, 6.45) is 0. The van der Waals surface area contributed by atoms with Gasteiger partial charge in [0.15, 0.2) is 7.14 Å². The van der Waals surface area contributed by atoms with Gasteiger partial charge in [0.2, 0.25) is 0 Å². The summed E-state index contributed by atoms with van der Waals surface area (Å²) < 4.78 is 14.0. The molecular formula is C21H23OP. The van der Waals surface area contributed by atoms with E-state index in [-0.39, 0.29) is 7.43 Å². The minimum absolute atomic E-state index is 0. The molecule has 0 aliphatic carbocycles. The van der Waals surface area contributed by atoms with E-state index in [1.807, 2.05) is 92.7 Å². The van der Waals surface area contributed by atoms with Gasteiger partial charge in [0.25, 0.3) is 0 Å². The zero-order valence-electron chi connectivity index (χ0n) is 12.9. The lowest BCUT2D eigenvalue weighted by atomic mass is 10.2. The first-order chi connectivity index (χ1) is 10.6. The third kappa shape index (κ3) is 3.30. The van der Waals surface area contributed by atoms with Crippen molar-refractivity contribution in [2.24, 2.45) is 0 Å². The van der Waals surface area contributed by atoms with Crippen LogP contribution in [0.1, 0.15) is 18.6 Å². The second kappa shape index (κ2) is 6.98. The Hall–Kier alpha value is -2.11. The molecule has 0 radical (unpaired) electrons. The lowest BCUT2D eigenvalue weighted by Gasteiger charge is -2.20. The van der Waals surface area contributed by atoms with Gasteiger partial charge in [0.1, 0.15) is 0 Å². The highest BCUT2D eigenvalue weighted by molar-refractivity contribution is 7.85. The first-order valence-electron chi connectivity index (χ1n) is 7.41. The molecule has 0 amide bonds. The largest absolute Gasteiger partial charge is 0.309 e. The van der Waals surface area contributed by atoms with Gasteiger partial charge in [-0.3, -0.25) is 0 Å².